The van der Waals surface area contributed by atoms with Crippen molar-refractivity contribution in [2.24, 2.45) is 0 Å². The summed E-state index contributed by atoms with van der Waals surface area (Å²) in [5.74, 6) is 0.535. The van der Waals surface area contributed by atoms with Gasteiger partial charge in [0.2, 0.25) is 0 Å². The lowest BCUT2D eigenvalue weighted by molar-refractivity contribution is 0.0929. The van der Waals surface area contributed by atoms with E-state index in [-0.39, 0.29) is 11.9 Å². The van der Waals surface area contributed by atoms with E-state index >= 15 is 0 Å². The SMILES string of the molecule is COc1ccccc1C(=O)N[C@H]1CCCc2ccccc21. The summed E-state index contributed by atoms with van der Waals surface area (Å²) in [4.78, 5) is 12.5. The molecule has 1 aliphatic carbocycles. The number of aryl methyl sites for hydroxylation is 1. The van der Waals surface area contributed by atoms with E-state index in [9.17, 15) is 4.79 Å². The van der Waals surface area contributed by atoms with Crippen molar-refractivity contribution in [1.29, 1.82) is 0 Å². The maximum Gasteiger partial charge on any atom is 0.255 e. The normalized spacial score (nSPS) is 16.9. The molecule has 0 bridgehead atoms. The Morgan fingerprint density at radius 3 is 2.76 bits per heavy atom. The molecule has 0 radical (unpaired) electrons. The van der Waals surface area contributed by atoms with E-state index in [1.165, 1.54) is 11.1 Å². The van der Waals surface area contributed by atoms with Crippen molar-refractivity contribution in [2.75, 3.05) is 7.11 Å². The zero-order valence-electron chi connectivity index (χ0n) is 12.1. The van der Waals surface area contributed by atoms with E-state index in [1.54, 1.807) is 13.2 Å². The summed E-state index contributed by atoms with van der Waals surface area (Å²) in [5, 5.41) is 3.15. The van der Waals surface area contributed by atoms with Gasteiger partial charge in [-0.05, 0) is 42.5 Å². The van der Waals surface area contributed by atoms with Gasteiger partial charge in [-0.1, -0.05) is 36.4 Å². The predicted octanol–water partition coefficient (Wildman–Crippen LogP) is 3.50. The van der Waals surface area contributed by atoms with Gasteiger partial charge in [-0.2, -0.15) is 0 Å². The smallest absolute Gasteiger partial charge is 0.255 e. The molecule has 3 rings (SSSR count). The molecule has 0 saturated carbocycles. The van der Waals surface area contributed by atoms with Crippen molar-refractivity contribution in [2.45, 2.75) is 25.3 Å². The highest BCUT2D eigenvalue weighted by atomic mass is 16.5. The Balaban J connectivity index is 1.83. The third-order valence-electron chi connectivity index (χ3n) is 4.03. The number of hydrogen-bond acceptors (Lipinski definition) is 2. The van der Waals surface area contributed by atoms with Gasteiger partial charge < -0.3 is 10.1 Å². The zero-order valence-corrected chi connectivity index (χ0v) is 12.1. The molecular formula is C18H19NO2. The number of benzene rings is 2. The molecular weight excluding hydrogens is 262 g/mol. The molecule has 0 heterocycles. The quantitative estimate of drug-likeness (QED) is 0.935. The van der Waals surface area contributed by atoms with Gasteiger partial charge in [0.15, 0.2) is 0 Å². The maximum atomic E-state index is 12.5. The van der Waals surface area contributed by atoms with Crippen LogP contribution in [0.15, 0.2) is 48.5 Å². The lowest BCUT2D eigenvalue weighted by Crippen LogP contribution is -2.31. The predicted molar refractivity (Wildman–Crippen MR) is 82.6 cm³/mol. The van der Waals surface area contributed by atoms with E-state index in [0.29, 0.717) is 11.3 Å². The Morgan fingerprint density at radius 2 is 1.90 bits per heavy atom. The van der Waals surface area contributed by atoms with Crippen LogP contribution in [0.25, 0.3) is 0 Å². The summed E-state index contributed by atoms with van der Waals surface area (Å²) in [6.45, 7) is 0. The van der Waals surface area contributed by atoms with Crippen LogP contribution in [0.4, 0.5) is 0 Å². The molecule has 2 aromatic carbocycles. The fourth-order valence-corrected chi connectivity index (χ4v) is 2.97. The number of rotatable bonds is 3. The molecule has 0 unspecified atom stereocenters. The number of nitrogens with one attached hydrogen (secondary N) is 1. The lowest BCUT2D eigenvalue weighted by Gasteiger charge is -2.26. The molecule has 2 aromatic rings. The minimum absolute atomic E-state index is 0.0749. The van der Waals surface area contributed by atoms with Crippen molar-refractivity contribution in [1.82, 2.24) is 5.32 Å². The van der Waals surface area contributed by atoms with Gasteiger partial charge in [-0.15, -0.1) is 0 Å². The molecule has 1 atom stereocenters. The average Bonchev–Trinajstić information content (AvgIpc) is 2.55. The molecule has 3 nitrogen and oxygen atoms in total. The number of fused-ring (bicyclic) bond motifs is 1. The number of amides is 1. The Labute approximate surface area is 124 Å². The van der Waals surface area contributed by atoms with Crippen molar-refractivity contribution in [3.8, 4) is 5.75 Å². The topological polar surface area (TPSA) is 38.3 Å². The summed E-state index contributed by atoms with van der Waals surface area (Å²) >= 11 is 0. The van der Waals surface area contributed by atoms with Gasteiger partial charge in [0.1, 0.15) is 5.75 Å². The second kappa shape index (κ2) is 6.00. The number of ether oxygens (including phenoxy) is 1. The molecule has 1 amide bonds. The molecule has 0 saturated heterocycles. The van der Waals surface area contributed by atoms with Gasteiger partial charge in [-0.3, -0.25) is 4.79 Å². The van der Waals surface area contributed by atoms with Gasteiger partial charge >= 0.3 is 0 Å². The summed E-state index contributed by atoms with van der Waals surface area (Å²) in [7, 11) is 1.59. The second-order valence-electron chi connectivity index (χ2n) is 5.32. The van der Waals surface area contributed by atoms with E-state index in [0.717, 1.165) is 19.3 Å². The Morgan fingerprint density at radius 1 is 1.14 bits per heavy atom. The fraction of sp³-hybridized carbons (Fsp3) is 0.278. The molecule has 1 N–H and O–H groups in total. The van der Waals surface area contributed by atoms with E-state index in [4.69, 9.17) is 4.74 Å². The summed E-state index contributed by atoms with van der Waals surface area (Å²) in [6, 6.07) is 15.8. The zero-order chi connectivity index (χ0) is 14.7. The number of para-hydroxylation sites is 1. The van der Waals surface area contributed by atoms with E-state index in [1.807, 2.05) is 24.3 Å². The first-order chi connectivity index (χ1) is 10.3. The monoisotopic (exact) mass is 281 g/mol. The lowest BCUT2D eigenvalue weighted by atomic mass is 9.87. The van der Waals surface area contributed by atoms with Gasteiger partial charge in [0.05, 0.1) is 18.7 Å². The summed E-state index contributed by atoms with van der Waals surface area (Å²) < 4.78 is 5.26. The van der Waals surface area contributed by atoms with Gasteiger partial charge in [0.25, 0.3) is 5.91 Å². The third kappa shape index (κ3) is 2.77. The number of carbonyl (C=O) groups excluding carboxylic acids is 1. The third-order valence-corrected chi connectivity index (χ3v) is 4.03. The highest BCUT2D eigenvalue weighted by Gasteiger charge is 2.22. The van der Waals surface area contributed by atoms with Crippen LogP contribution >= 0.6 is 0 Å². The number of methoxy groups -OCH3 is 1. The Hall–Kier alpha value is -2.29. The highest BCUT2D eigenvalue weighted by Crippen LogP contribution is 2.30. The first-order valence-corrected chi connectivity index (χ1v) is 7.31. The van der Waals surface area contributed by atoms with Gasteiger partial charge in [-0.25, -0.2) is 0 Å². The van der Waals surface area contributed by atoms with Crippen LogP contribution in [-0.2, 0) is 6.42 Å². The average molecular weight is 281 g/mol. The van der Waals surface area contributed by atoms with Crippen LogP contribution in [0.2, 0.25) is 0 Å². The van der Waals surface area contributed by atoms with E-state index in [2.05, 4.69) is 23.5 Å². The van der Waals surface area contributed by atoms with Crippen LogP contribution in [0, 0.1) is 0 Å². The van der Waals surface area contributed by atoms with Crippen LogP contribution < -0.4 is 10.1 Å². The van der Waals surface area contributed by atoms with Gasteiger partial charge in [0, 0.05) is 0 Å². The first kappa shape index (κ1) is 13.7. The van der Waals surface area contributed by atoms with Crippen molar-refractivity contribution in [3.05, 3.63) is 65.2 Å². The Bertz CT molecular complexity index is 651. The van der Waals surface area contributed by atoms with Crippen molar-refractivity contribution in [3.63, 3.8) is 0 Å². The Kier molecular flexibility index (Phi) is 3.91. The minimum Gasteiger partial charge on any atom is -0.496 e. The molecule has 3 heteroatoms. The van der Waals surface area contributed by atoms with Crippen LogP contribution in [0.1, 0.15) is 40.4 Å². The second-order valence-corrected chi connectivity index (χ2v) is 5.32. The number of carbonyl (C=O) groups is 1. The first-order valence-electron chi connectivity index (χ1n) is 7.31. The van der Waals surface area contributed by atoms with Crippen LogP contribution in [0.5, 0.6) is 5.75 Å². The van der Waals surface area contributed by atoms with Crippen molar-refractivity contribution < 1.29 is 9.53 Å². The van der Waals surface area contributed by atoms with Crippen molar-refractivity contribution >= 4 is 5.91 Å². The van der Waals surface area contributed by atoms with Crippen LogP contribution in [-0.4, -0.2) is 13.0 Å². The standard InChI is InChI=1S/C18H19NO2/c1-21-17-12-5-4-10-15(17)18(20)19-16-11-6-8-13-7-2-3-9-14(13)16/h2-5,7,9-10,12,16H,6,8,11H2,1H3,(H,19,20)/t16-/m0/s1. The molecule has 21 heavy (non-hydrogen) atoms. The molecule has 1 aliphatic rings. The molecule has 0 spiro atoms. The fourth-order valence-electron chi connectivity index (χ4n) is 2.97. The number of hydrogen-bond donors (Lipinski definition) is 1. The summed E-state index contributed by atoms with van der Waals surface area (Å²) in [6.07, 6.45) is 3.18. The maximum absolute atomic E-state index is 12.5. The summed E-state index contributed by atoms with van der Waals surface area (Å²) in [5.41, 5.74) is 3.17. The largest absolute Gasteiger partial charge is 0.496 e. The van der Waals surface area contributed by atoms with E-state index < -0.39 is 0 Å². The minimum atomic E-state index is -0.0749. The van der Waals surface area contributed by atoms with Crippen LogP contribution in [0.3, 0.4) is 0 Å². The molecule has 108 valence electrons. The molecule has 0 aliphatic heterocycles. The molecule has 0 fully saturated rings. The highest BCUT2D eigenvalue weighted by molar-refractivity contribution is 5.97. The molecule has 0 aromatic heterocycles.